The molecule has 2 N–H and O–H groups in total. The van der Waals surface area contributed by atoms with Gasteiger partial charge in [-0.25, -0.2) is 9.71 Å². The lowest BCUT2D eigenvalue weighted by atomic mass is 9.90. The van der Waals surface area contributed by atoms with Crippen LogP contribution in [0.15, 0.2) is 4.34 Å². The second kappa shape index (κ2) is 6.33. The minimum absolute atomic E-state index is 0.216. The van der Waals surface area contributed by atoms with Crippen molar-refractivity contribution in [3.8, 4) is 0 Å². The second-order valence-electron chi connectivity index (χ2n) is 5.45. The highest BCUT2D eigenvalue weighted by Crippen LogP contribution is 2.32. The fraction of sp³-hybridized carbons (Fsp3) is 0.615. The first-order chi connectivity index (χ1) is 10.2. The minimum atomic E-state index is -4.12. The summed E-state index contributed by atoms with van der Waals surface area (Å²) in [4.78, 5) is 28.1. The van der Waals surface area contributed by atoms with Crippen LogP contribution in [0.5, 0.6) is 0 Å². The number of aromatic nitrogens is 1. The average molecular weight is 346 g/mol. The van der Waals surface area contributed by atoms with Gasteiger partial charge < -0.3 is 5.11 Å². The van der Waals surface area contributed by atoms with E-state index in [0.29, 0.717) is 18.5 Å². The standard InChI is InChI=1S/C13H18N2O5S2/c1-7-8(2)21-13(14-7)22(19,20)15-11(16)10(12(17)18)9-5-3-4-6-9/h9-10H,3-6H2,1-2H3,(H,15,16)(H,17,18). The van der Waals surface area contributed by atoms with E-state index in [1.54, 1.807) is 13.8 Å². The van der Waals surface area contributed by atoms with E-state index >= 15 is 0 Å². The molecule has 0 aromatic carbocycles. The molecule has 1 unspecified atom stereocenters. The van der Waals surface area contributed by atoms with Gasteiger partial charge in [-0.2, -0.15) is 8.42 Å². The van der Waals surface area contributed by atoms with Crippen molar-refractivity contribution in [3.05, 3.63) is 10.6 Å². The molecule has 9 heteroatoms. The Morgan fingerprint density at radius 1 is 1.32 bits per heavy atom. The Labute approximate surface area is 132 Å². The minimum Gasteiger partial charge on any atom is -0.481 e. The lowest BCUT2D eigenvalue weighted by molar-refractivity contribution is -0.148. The molecule has 1 heterocycles. The van der Waals surface area contributed by atoms with Crippen LogP contribution in [-0.2, 0) is 19.6 Å². The molecule has 1 aliphatic carbocycles. The molecule has 1 aromatic rings. The Hall–Kier alpha value is -1.48. The molecule has 1 amide bonds. The molecular weight excluding hydrogens is 328 g/mol. The lowest BCUT2D eigenvalue weighted by Gasteiger charge is -2.18. The number of carbonyl (C=O) groups excluding carboxylic acids is 1. The highest BCUT2D eigenvalue weighted by atomic mass is 32.2. The summed E-state index contributed by atoms with van der Waals surface area (Å²) in [5, 5.41) is 9.25. The van der Waals surface area contributed by atoms with E-state index in [1.807, 2.05) is 4.72 Å². The highest BCUT2D eigenvalue weighted by molar-refractivity contribution is 7.92. The largest absolute Gasteiger partial charge is 0.481 e. The summed E-state index contributed by atoms with van der Waals surface area (Å²) in [6.45, 7) is 3.40. The quantitative estimate of drug-likeness (QED) is 0.780. The first-order valence-electron chi connectivity index (χ1n) is 6.96. The molecular formula is C13H18N2O5S2. The van der Waals surface area contributed by atoms with Gasteiger partial charge in [0.2, 0.25) is 10.2 Å². The van der Waals surface area contributed by atoms with Crippen molar-refractivity contribution in [2.75, 3.05) is 0 Å². The fourth-order valence-electron chi connectivity index (χ4n) is 2.62. The lowest BCUT2D eigenvalue weighted by Crippen LogP contribution is -2.42. The van der Waals surface area contributed by atoms with Crippen molar-refractivity contribution in [2.24, 2.45) is 11.8 Å². The van der Waals surface area contributed by atoms with Gasteiger partial charge in [-0.1, -0.05) is 12.8 Å². The summed E-state index contributed by atoms with van der Waals surface area (Å²) in [6.07, 6.45) is 2.97. The number of nitrogens with one attached hydrogen (secondary N) is 1. The van der Waals surface area contributed by atoms with Gasteiger partial charge in [0, 0.05) is 4.88 Å². The number of hydrogen-bond acceptors (Lipinski definition) is 6. The van der Waals surface area contributed by atoms with Crippen LogP contribution < -0.4 is 4.72 Å². The number of carboxylic acids is 1. The second-order valence-corrected chi connectivity index (χ2v) is 8.51. The number of thiazole rings is 1. The van der Waals surface area contributed by atoms with Gasteiger partial charge in [-0.05, 0) is 32.6 Å². The molecule has 0 spiro atoms. The number of rotatable bonds is 5. The topological polar surface area (TPSA) is 113 Å². The van der Waals surface area contributed by atoms with E-state index < -0.39 is 27.8 Å². The van der Waals surface area contributed by atoms with Crippen LogP contribution in [0, 0.1) is 25.7 Å². The third-order valence-electron chi connectivity index (χ3n) is 3.89. The summed E-state index contributed by atoms with van der Waals surface area (Å²) < 4.78 is 26.0. The fourth-order valence-corrected chi connectivity index (χ4v) is 4.93. The average Bonchev–Trinajstić information content (AvgIpc) is 3.00. The molecule has 1 saturated carbocycles. The van der Waals surface area contributed by atoms with Crippen molar-refractivity contribution in [2.45, 2.75) is 43.9 Å². The van der Waals surface area contributed by atoms with Crippen LogP contribution >= 0.6 is 11.3 Å². The molecule has 1 atom stereocenters. The molecule has 2 rings (SSSR count). The molecule has 0 saturated heterocycles. The number of hydrogen-bond donors (Lipinski definition) is 2. The highest BCUT2D eigenvalue weighted by Gasteiger charge is 2.38. The molecule has 7 nitrogen and oxygen atoms in total. The molecule has 1 aliphatic rings. The molecule has 122 valence electrons. The summed E-state index contributed by atoms with van der Waals surface area (Å²) in [7, 11) is -4.12. The molecule has 0 bridgehead atoms. The number of amides is 1. The summed E-state index contributed by atoms with van der Waals surface area (Å²) in [6, 6.07) is 0. The monoisotopic (exact) mass is 346 g/mol. The number of sulfonamides is 1. The van der Waals surface area contributed by atoms with E-state index in [1.165, 1.54) is 0 Å². The Morgan fingerprint density at radius 3 is 2.36 bits per heavy atom. The van der Waals surface area contributed by atoms with E-state index in [0.717, 1.165) is 29.1 Å². The Bertz CT molecular complexity index is 670. The number of nitrogens with zero attached hydrogens (tertiary/aromatic N) is 1. The number of aryl methyl sites for hydroxylation is 2. The van der Waals surface area contributed by atoms with Crippen LogP contribution in [0.25, 0.3) is 0 Å². The number of carbonyl (C=O) groups is 2. The zero-order valence-corrected chi connectivity index (χ0v) is 14.0. The number of carboxylic acid groups (broad SMARTS) is 1. The van der Waals surface area contributed by atoms with Crippen molar-refractivity contribution in [1.29, 1.82) is 0 Å². The zero-order valence-electron chi connectivity index (χ0n) is 12.3. The Balaban J connectivity index is 2.19. The predicted octanol–water partition coefficient (Wildman–Crippen LogP) is 1.46. The van der Waals surface area contributed by atoms with E-state index in [4.69, 9.17) is 0 Å². The maximum atomic E-state index is 12.2. The van der Waals surface area contributed by atoms with Crippen LogP contribution in [0.4, 0.5) is 0 Å². The maximum Gasteiger partial charge on any atom is 0.316 e. The third-order valence-corrected chi connectivity index (χ3v) is 6.69. The normalized spacial score (nSPS) is 17.4. The predicted molar refractivity (Wildman–Crippen MR) is 80.0 cm³/mol. The Morgan fingerprint density at radius 2 is 1.91 bits per heavy atom. The van der Waals surface area contributed by atoms with Gasteiger partial charge in [0.15, 0.2) is 0 Å². The molecule has 1 fully saturated rings. The SMILES string of the molecule is Cc1nc(S(=O)(=O)NC(=O)C(C(=O)O)C2CCCC2)sc1C. The van der Waals surface area contributed by atoms with Gasteiger partial charge in [0.05, 0.1) is 5.69 Å². The molecule has 22 heavy (non-hydrogen) atoms. The van der Waals surface area contributed by atoms with Crippen molar-refractivity contribution >= 4 is 33.2 Å². The van der Waals surface area contributed by atoms with Crippen LogP contribution in [0.1, 0.15) is 36.3 Å². The third kappa shape index (κ3) is 3.46. The zero-order chi connectivity index (χ0) is 16.5. The smallest absolute Gasteiger partial charge is 0.316 e. The maximum absolute atomic E-state index is 12.2. The van der Waals surface area contributed by atoms with Gasteiger partial charge >= 0.3 is 5.97 Å². The van der Waals surface area contributed by atoms with Crippen molar-refractivity contribution in [3.63, 3.8) is 0 Å². The van der Waals surface area contributed by atoms with Gasteiger partial charge in [-0.3, -0.25) is 9.59 Å². The van der Waals surface area contributed by atoms with Gasteiger partial charge in [-0.15, -0.1) is 11.3 Å². The first kappa shape index (κ1) is 16.9. The van der Waals surface area contributed by atoms with E-state index in [2.05, 4.69) is 4.98 Å². The van der Waals surface area contributed by atoms with Crippen molar-refractivity contribution in [1.82, 2.24) is 9.71 Å². The first-order valence-corrected chi connectivity index (χ1v) is 9.26. The Kier molecular flexibility index (Phi) is 4.86. The van der Waals surface area contributed by atoms with Gasteiger partial charge in [0.25, 0.3) is 10.0 Å². The van der Waals surface area contributed by atoms with Crippen LogP contribution in [0.2, 0.25) is 0 Å². The summed E-state index contributed by atoms with van der Waals surface area (Å²) >= 11 is 0.954. The van der Waals surface area contributed by atoms with Crippen molar-refractivity contribution < 1.29 is 23.1 Å². The van der Waals surface area contributed by atoms with Crippen LogP contribution in [0.3, 0.4) is 0 Å². The van der Waals surface area contributed by atoms with Crippen LogP contribution in [-0.4, -0.2) is 30.4 Å². The summed E-state index contributed by atoms with van der Waals surface area (Å²) in [5.74, 6) is -3.91. The number of aliphatic carboxylic acids is 1. The van der Waals surface area contributed by atoms with E-state index in [9.17, 15) is 23.1 Å². The van der Waals surface area contributed by atoms with Gasteiger partial charge in [0.1, 0.15) is 5.92 Å². The molecule has 0 radical (unpaired) electrons. The summed E-state index contributed by atoms with van der Waals surface area (Å²) in [5.41, 5.74) is 0.573. The molecule has 0 aliphatic heterocycles. The van der Waals surface area contributed by atoms with E-state index in [-0.39, 0.29) is 10.3 Å². The molecule has 1 aromatic heterocycles.